The Morgan fingerprint density at radius 2 is 2.21 bits per heavy atom. The van der Waals surface area contributed by atoms with E-state index >= 15 is 0 Å². The molecule has 1 aromatic heterocycles. The Morgan fingerprint density at radius 3 is 2.89 bits per heavy atom. The van der Waals surface area contributed by atoms with Gasteiger partial charge in [-0.2, -0.15) is 0 Å². The SMILES string of the molecule is CCC(=O)c1sc(Nc2ccccc2OC)nc1N. The number of anilines is 3. The number of hydrogen-bond acceptors (Lipinski definition) is 6. The molecule has 2 aromatic rings. The summed E-state index contributed by atoms with van der Waals surface area (Å²) in [5, 5.41) is 3.70. The van der Waals surface area contributed by atoms with Gasteiger partial charge in [0.1, 0.15) is 16.4 Å². The number of methoxy groups -OCH3 is 1. The van der Waals surface area contributed by atoms with Gasteiger partial charge in [-0.1, -0.05) is 30.4 Å². The van der Waals surface area contributed by atoms with E-state index in [1.807, 2.05) is 24.3 Å². The molecule has 0 unspecified atom stereocenters. The van der Waals surface area contributed by atoms with E-state index in [-0.39, 0.29) is 11.6 Å². The van der Waals surface area contributed by atoms with Crippen molar-refractivity contribution in [3.63, 3.8) is 0 Å². The van der Waals surface area contributed by atoms with Gasteiger partial charge >= 0.3 is 0 Å². The van der Waals surface area contributed by atoms with Crippen LogP contribution in [0.1, 0.15) is 23.0 Å². The molecule has 0 spiro atoms. The zero-order chi connectivity index (χ0) is 13.8. The van der Waals surface area contributed by atoms with Gasteiger partial charge in [0, 0.05) is 6.42 Å². The predicted molar refractivity (Wildman–Crippen MR) is 77.4 cm³/mol. The first-order chi connectivity index (χ1) is 9.15. The smallest absolute Gasteiger partial charge is 0.189 e. The van der Waals surface area contributed by atoms with Gasteiger partial charge in [0.05, 0.1) is 12.8 Å². The van der Waals surface area contributed by atoms with Crippen LogP contribution >= 0.6 is 11.3 Å². The fourth-order valence-corrected chi connectivity index (χ4v) is 2.52. The topological polar surface area (TPSA) is 77.2 Å². The molecule has 0 bridgehead atoms. The molecule has 0 aliphatic carbocycles. The van der Waals surface area contributed by atoms with Crippen LogP contribution in [0.4, 0.5) is 16.6 Å². The average molecular weight is 277 g/mol. The van der Waals surface area contributed by atoms with E-state index < -0.39 is 0 Å². The molecule has 0 radical (unpaired) electrons. The molecule has 6 heteroatoms. The second-order valence-electron chi connectivity index (χ2n) is 3.84. The van der Waals surface area contributed by atoms with E-state index in [1.54, 1.807) is 14.0 Å². The van der Waals surface area contributed by atoms with Gasteiger partial charge in [0.15, 0.2) is 10.9 Å². The summed E-state index contributed by atoms with van der Waals surface area (Å²) in [6, 6.07) is 7.49. The van der Waals surface area contributed by atoms with Crippen LogP contribution in [-0.2, 0) is 0 Å². The zero-order valence-electron chi connectivity index (χ0n) is 10.8. The maximum atomic E-state index is 11.7. The van der Waals surface area contributed by atoms with E-state index in [4.69, 9.17) is 10.5 Å². The van der Waals surface area contributed by atoms with Crippen LogP contribution in [0.2, 0.25) is 0 Å². The molecule has 1 heterocycles. The highest BCUT2D eigenvalue weighted by molar-refractivity contribution is 7.18. The number of nitrogens with two attached hydrogens (primary N) is 1. The molecule has 5 nitrogen and oxygen atoms in total. The minimum atomic E-state index is 0.00285. The zero-order valence-corrected chi connectivity index (χ0v) is 11.6. The summed E-state index contributed by atoms with van der Waals surface area (Å²) in [6.07, 6.45) is 0.417. The third-order valence-corrected chi connectivity index (χ3v) is 3.60. The Bertz CT molecular complexity index is 595. The lowest BCUT2D eigenvalue weighted by Crippen LogP contribution is -1.98. The Balaban J connectivity index is 2.27. The van der Waals surface area contributed by atoms with Crippen molar-refractivity contribution in [2.75, 3.05) is 18.2 Å². The van der Waals surface area contributed by atoms with E-state index in [0.717, 1.165) is 5.69 Å². The van der Waals surface area contributed by atoms with E-state index in [1.165, 1.54) is 11.3 Å². The Morgan fingerprint density at radius 1 is 1.47 bits per heavy atom. The number of ether oxygens (including phenoxy) is 1. The first-order valence-corrected chi connectivity index (χ1v) is 6.67. The Kier molecular flexibility index (Phi) is 4.01. The molecule has 100 valence electrons. The largest absolute Gasteiger partial charge is 0.495 e. The highest BCUT2D eigenvalue weighted by atomic mass is 32.1. The molecule has 0 saturated carbocycles. The molecule has 2 rings (SSSR count). The third kappa shape index (κ3) is 2.85. The van der Waals surface area contributed by atoms with Crippen LogP contribution < -0.4 is 15.8 Å². The normalized spacial score (nSPS) is 10.2. The number of rotatable bonds is 5. The van der Waals surface area contributed by atoms with E-state index in [9.17, 15) is 4.79 Å². The summed E-state index contributed by atoms with van der Waals surface area (Å²) < 4.78 is 5.24. The number of ketones is 1. The summed E-state index contributed by atoms with van der Waals surface area (Å²) in [6.45, 7) is 1.80. The lowest BCUT2D eigenvalue weighted by atomic mass is 10.3. The molecule has 1 aromatic carbocycles. The number of carbonyl (C=O) groups excluding carboxylic acids is 1. The standard InChI is InChI=1S/C13H15N3O2S/c1-3-9(17)11-12(14)16-13(19-11)15-8-6-4-5-7-10(8)18-2/h4-7H,3,14H2,1-2H3,(H,15,16). The predicted octanol–water partition coefficient (Wildman–Crippen LogP) is 3.07. The number of nitrogen functional groups attached to an aromatic ring is 1. The van der Waals surface area contributed by atoms with Crippen molar-refractivity contribution in [1.29, 1.82) is 0 Å². The third-order valence-electron chi connectivity index (χ3n) is 2.58. The average Bonchev–Trinajstić information content (AvgIpc) is 2.79. The van der Waals surface area contributed by atoms with Crippen LogP contribution in [0.15, 0.2) is 24.3 Å². The van der Waals surface area contributed by atoms with Gasteiger partial charge in [-0.25, -0.2) is 4.98 Å². The molecule has 0 fully saturated rings. The van der Waals surface area contributed by atoms with Gasteiger partial charge < -0.3 is 15.8 Å². The summed E-state index contributed by atoms with van der Waals surface area (Å²) in [5.41, 5.74) is 6.54. The first-order valence-electron chi connectivity index (χ1n) is 5.85. The van der Waals surface area contributed by atoms with Gasteiger partial charge in [-0.3, -0.25) is 4.79 Å². The molecular formula is C13H15N3O2S. The summed E-state index contributed by atoms with van der Waals surface area (Å²) in [7, 11) is 1.60. The lowest BCUT2D eigenvalue weighted by molar-refractivity contribution is 0.0992. The fourth-order valence-electron chi connectivity index (χ4n) is 1.61. The Hall–Kier alpha value is -2.08. The Labute approximate surface area is 115 Å². The van der Waals surface area contributed by atoms with Gasteiger partial charge in [-0.15, -0.1) is 0 Å². The second kappa shape index (κ2) is 5.71. The van der Waals surface area contributed by atoms with Crippen LogP contribution in [0.25, 0.3) is 0 Å². The minimum Gasteiger partial charge on any atom is -0.495 e. The number of para-hydroxylation sites is 2. The number of benzene rings is 1. The van der Waals surface area contributed by atoms with Crippen molar-refractivity contribution in [1.82, 2.24) is 4.98 Å². The lowest BCUT2D eigenvalue weighted by Gasteiger charge is -2.07. The van der Waals surface area contributed by atoms with Gasteiger partial charge in [0.2, 0.25) is 0 Å². The van der Waals surface area contributed by atoms with Gasteiger partial charge in [0.25, 0.3) is 0 Å². The molecule has 0 saturated heterocycles. The molecular weight excluding hydrogens is 262 g/mol. The number of nitrogens with one attached hydrogen (secondary N) is 1. The molecule has 3 N–H and O–H groups in total. The van der Waals surface area contributed by atoms with Crippen molar-refractivity contribution in [2.24, 2.45) is 0 Å². The van der Waals surface area contributed by atoms with Crippen LogP contribution in [0.3, 0.4) is 0 Å². The quantitative estimate of drug-likeness (QED) is 0.821. The molecule has 0 amide bonds. The first kappa shape index (κ1) is 13.4. The van der Waals surface area contributed by atoms with Crippen molar-refractivity contribution in [3.8, 4) is 5.75 Å². The summed E-state index contributed by atoms with van der Waals surface area (Å²) >= 11 is 1.25. The molecule has 0 aliphatic rings. The number of hydrogen-bond donors (Lipinski definition) is 2. The number of Topliss-reactive ketones (excluding diaryl/α,β-unsaturated/α-hetero) is 1. The molecule has 19 heavy (non-hydrogen) atoms. The highest BCUT2D eigenvalue weighted by Crippen LogP contribution is 2.32. The highest BCUT2D eigenvalue weighted by Gasteiger charge is 2.15. The molecule has 0 aliphatic heterocycles. The number of nitrogens with zero attached hydrogens (tertiary/aromatic N) is 1. The van der Waals surface area contributed by atoms with Crippen LogP contribution in [-0.4, -0.2) is 17.9 Å². The maximum Gasteiger partial charge on any atom is 0.189 e. The minimum absolute atomic E-state index is 0.00285. The van der Waals surface area contributed by atoms with E-state index in [2.05, 4.69) is 10.3 Å². The molecule has 0 atom stereocenters. The number of aromatic nitrogens is 1. The monoisotopic (exact) mass is 277 g/mol. The number of thiazole rings is 1. The fraction of sp³-hybridized carbons (Fsp3) is 0.231. The second-order valence-corrected chi connectivity index (χ2v) is 4.83. The summed E-state index contributed by atoms with van der Waals surface area (Å²) in [5.74, 6) is 0.983. The van der Waals surface area contributed by atoms with Crippen molar-refractivity contribution >= 4 is 33.8 Å². The van der Waals surface area contributed by atoms with Crippen LogP contribution in [0.5, 0.6) is 5.75 Å². The van der Waals surface area contributed by atoms with Crippen molar-refractivity contribution in [3.05, 3.63) is 29.1 Å². The number of carbonyl (C=O) groups is 1. The van der Waals surface area contributed by atoms with Gasteiger partial charge in [-0.05, 0) is 12.1 Å². The van der Waals surface area contributed by atoms with Crippen LogP contribution in [0, 0.1) is 0 Å². The van der Waals surface area contributed by atoms with Crippen molar-refractivity contribution < 1.29 is 9.53 Å². The van der Waals surface area contributed by atoms with E-state index in [0.29, 0.717) is 22.2 Å². The summed E-state index contributed by atoms with van der Waals surface area (Å²) in [4.78, 5) is 16.3. The maximum absolute atomic E-state index is 11.7. The van der Waals surface area contributed by atoms with Crippen molar-refractivity contribution in [2.45, 2.75) is 13.3 Å².